The quantitative estimate of drug-likeness (QED) is 0.592. The molecule has 0 amide bonds. The molecule has 0 unspecified atom stereocenters. The first kappa shape index (κ1) is 21.7. The van der Waals surface area contributed by atoms with Gasteiger partial charge in [0, 0.05) is 18.8 Å². The van der Waals surface area contributed by atoms with Crippen LogP contribution >= 0.6 is 0 Å². The first-order valence-electron chi connectivity index (χ1n) is 9.63. The molecule has 1 N–H and O–H groups in total. The van der Waals surface area contributed by atoms with E-state index in [1.807, 2.05) is 36.4 Å². The number of nitrogens with one attached hydrogen (secondary N) is 1. The third-order valence-electron chi connectivity index (χ3n) is 4.65. The molecule has 2 rings (SSSR count). The second-order valence-electron chi connectivity index (χ2n) is 6.29. The van der Waals surface area contributed by atoms with E-state index in [4.69, 9.17) is 18.9 Å². The number of rotatable bonds is 12. The molecular weight excluding hydrogens is 356 g/mol. The number of methoxy groups -OCH3 is 3. The number of hydrogen-bond donors (Lipinski definition) is 1. The van der Waals surface area contributed by atoms with Crippen molar-refractivity contribution in [1.82, 2.24) is 4.90 Å². The molecule has 0 saturated heterocycles. The zero-order chi connectivity index (χ0) is 20.4. The summed E-state index contributed by atoms with van der Waals surface area (Å²) in [6, 6.07) is 11.9. The summed E-state index contributed by atoms with van der Waals surface area (Å²) in [5.74, 6) is 2.77. The van der Waals surface area contributed by atoms with Crippen LogP contribution in [0.3, 0.4) is 0 Å². The Bertz CT molecular complexity index is 690. The summed E-state index contributed by atoms with van der Waals surface area (Å²) in [5.41, 5.74) is 2.05. The lowest BCUT2D eigenvalue weighted by molar-refractivity contribution is 0.223. The summed E-state index contributed by atoms with van der Waals surface area (Å²) in [4.78, 5) is 2.34. The van der Waals surface area contributed by atoms with Gasteiger partial charge in [-0.15, -0.1) is 0 Å². The van der Waals surface area contributed by atoms with Crippen molar-refractivity contribution in [3.8, 4) is 23.0 Å². The van der Waals surface area contributed by atoms with Gasteiger partial charge < -0.3 is 29.2 Å². The molecule has 0 heterocycles. The molecule has 6 nitrogen and oxygen atoms in total. The topological polar surface area (TPSA) is 52.2 Å². The summed E-state index contributed by atoms with van der Waals surface area (Å²) < 4.78 is 22.0. The molecule has 0 fully saturated rings. The van der Waals surface area contributed by atoms with Crippen molar-refractivity contribution in [2.45, 2.75) is 20.4 Å². The Morgan fingerprint density at radius 2 is 1.46 bits per heavy atom. The number of likely N-dealkylation sites (N-methyl/N-ethyl adjacent to an activating group) is 1. The molecule has 0 bridgehead atoms. The minimum absolute atomic E-state index is 0.597. The van der Waals surface area contributed by atoms with Gasteiger partial charge in [-0.1, -0.05) is 13.8 Å². The summed E-state index contributed by atoms with van der Waals surface area (Å²) in [7, 11) is 4.84. The molecule has 0 spiro atoms. The molecule has 154 valence electrons. The Kier molecular flexibility index (Phi) is 8.75. The number of anilines is 1. The van der Waals surface area contributed by atoms with E-state index < -0.39 is 0 Å². The van der Waals surface area contributed by atoms with Crippen LogP contribution < -0.4 is 24.3 Å². The van der Waals surface area contributed by atoms with Gasteiger partial charge in [0.1, 0.15) is 12.4 Å². The van der Waals surface area contributed by atoms with Gasteiger partial charge in [-0.3, -0.25) is 0 Å². The van der Waals surface area contributed by atoms with Gasteiger partial charge in [0.15, 0.2) is 11.5 Å². The minimum atomic E-state index is 0.597. The lowest BCUT2D eigenvalue weighted by Gasteiger charge is -2.18. The highest BCUT2D eigenvalue weighted by atomic mass is 16.5. The highest BCUT2D eigenvalue weighted by Crippen LogP contribution is 2.38. The van der Waals surface area contributed by atoms with Crippen molar-refractivity contribution in [3.05, 3.63) is 42.0 Å². The van der Waals surface area contributed by atoms with Crippen molar-refractivity contribution in [2.24, 2.45) is 0 Å². The van der Waals surface area contributed by atoms with E-state index in [1.54, 1.807) is 21.3 Å². The normalized spacial score (nSPS) is 10.6. The monoisotopic (exact) mass is 388 g/mol. The highest BCUT2D eigenvalue weighted by molar-refractivity contribution is 5.55. The predicted octanol–water partition coefficient (Wildman–Crippen LogP) is 4.05. The molecule has 0 aliphatic rings. The molecule has 0 radical (unpaired) electrons. The molecule has 6 heteroatoms. The van der Waals surface area contributed by atoms with E-state index >= 15 is 0 Å². The average Bonchev–Trinajstić information content (AvgIpc) is 2.75. The van der Waals surface area contributed by atoms with Crippen LogP contribution in [0.15, 0.2) is 36.4 Å². The van der Waals surface area contributed by atoms with Gasteiger partial charge in [0.25, 0.3) is 0 Å². The molecular formula is C22H32N2O4. The average molecular weight is 389 g/mol. The van der Waals surface area contributed by atoms with E-state index in [0.717, 1.165) is 36.6 Å². The van der Waals surface area contributed by atoms with Crippen LogP contribution in [-0.2, 0) is 6.54 Å². The van der Waals surface area contributed by atoms with Gasteiger partial charge in [0.2, 0.25) is 5.75 Å². The van der Waals surface area contributed by atoms with Crippen LogP contribution in [0.2, 0.25) is 0 Å². The molecule has 0 aliphatic carbocycles. The van der Waals surface area contributed by atoms with Crippen LogP contribution in [0.4, 0.5) is 5.69 Å². The Labute approximate surface area is 168 Å². The fraction of sp³-hybridized carbons (Fsp3) is 0.455. The number of hydrogen-bond acceptors (Lipinski definition) is 6. The summed E-state index contributed by atoms with van der Waals surface area (Å²) in [5, 5.41) is 3.41. The van der Waals surface area contributed by atoms with Crippen molar-refractivity contribution in [1.29, 1.82) is 0 Å². The van der Waals surface area contributed by atoms with Crippen molar-refractivity contribution in [2.75, 3.05) is 52.9 Å². The lowest BCUT2D eigenvalue weighted by atomic mass is 10.1. The Hall–Kier alpha value is -2.60. The van der Waals surface area contributed by atoms with Gasteiger partial charge >= 0.3 is 0 Å². The fourth-order valence-corrected chi connectivity index (χ4v) is 2.94. The van der Waals surface area contributed by atoms with E-state index in [1.165, 1.54) is 0 Å². The predicted molar refractivity (Wildman–Crippen MR) is 113 cm³/mol. The molecule has 28 heavy (non-hydrogen) atoms. The number of nitrogens with zero attached hydrogens (tertiary/aromatic N) is 1. The summed E-state index contributed by atoms with van der Waals surface area (Å²) in [6.07, 6.45) is 0. The fourth-order valence-electron chi connectivity index (χ4n) is 2.94. The first-order valence-corrected chi connectivity index (χ1v) is 9.63. The third-order valence-corrected chi connectivity index (χ3v) is 4.65. The standard InChI is InChI=1S/C22H32N2O4/c1-6-24(7-2)12-13-28-19-10-8-18(9-11-19)23-16-17-14-20(25-3)22(27-5)21(15-17)26-4/h8-11,14-15,23H,6-7,12-13,16H2,1-5H3. The van der Waals surface area contributed by atoms with Crippen LogP contribution in [0.5, 0.6) is 23.0 Å². The van der Waals surface area contributed by atoms with Gasteiger partial charge in [0.05, 0.1) is 21.3 Å². The maximum absolute atomic E-state index is 5.83. The minimum Gasteiger partial charge on any atom is -0.493 e. The van der Waals surface area contributed by atoms with Gasteiger partial charge in [-0.25, -0.2) is 0 Å². The van der Waals surface area contributed by atoms with Crippen molar-refractivity contribution >= 4 is 5.69 Å². The van der Waals surface area contributed by atoms with Gasteiger partial charge in [-0.2, -0.15) is 0 Å². The van der Waals surface area contributed by atoms with Crippen molar-refractivity contribution < 1.29 is 18.9 Å². The third kappa shape index (κ3) is 5.96. The highest BCUT2D eigenvalue weighted by Gasteiger charge is 2.13. The second kappa shape index (κ2) is 11.3. The summed E-state index contributed by atoms with van der Waals surface area (Å²) >= 11 is 0. The smallest absolute Gasteiger partial charge is 0.203 e. The largest absolute Gasteiger partial charge is 0.493 e. The van der Waals surface area contributed by atoms with Crippen LogP contribution in [0.25, 0.3) is 0 Å². The van der Waals surface area contributed by atoms with E-state index in [0.29, 0.717) is 30.4 Å². The maximum atomic E-state index is 5.83. The Balaban J connectivity index is 1.92. The van der Waals surface area contributed by atoms with Crippen LogP contribution in [0, 0.1) is 0 Å². The maximum Gasteiger partial charge on any atom is 0.203 e. The molecule has 0 aromatic heterocycles. The molecule has 2 aromatic rings. The van der Waals surface area contributed by atoms with Crippen molar-refractivity contribution in [3.63, 3.8) is 0 Å². The molecule has 0 saturated carbocycles. The number of benzene rings is 2. The summed E-state index contributed by atoms with van der Waals surface area (Å²) in [6.45, 7) is 8.69. The zero-order valence-electron chi connectivity index (χ0n) is 17.6. The first-order chi connectivity index (χ1) is 13.6. The van der Waals surface area contributed by atoms with E-state index in [9.17, 15) is 0 Å². The lowest BCUT2D eigenvalue weighted by Crippen LogP contribution is -2.27. The van der Waals surface area contributed by atoms with E-state index in [-0.39, 0.29) is 0 Å². The van der Waals surface area contributed by atoms with E-state index in [2.05, 4.69) is 24.1 Å². The zero-order valence-corrected chi connectivity index (χ0v) is 17.6. The molecule has 2 aromatic carbocycles. The van der Waals surface area contributed by atoms with Crippen LogP contribution in [-0.4, -0.2) is 52.5 Å². The Morgan fingerprint density at radius 1 is 0.857 bits per heavy atom. The SMILES string of the molecule is CCN(CC)CCOc1ccc(NCc2cc(OC)c(OC)c(OC)c2)cc1. The second-order valence-corrected chi connectivity index (χ2v) is 6.29. The molecule has 0 atom stereocenters. The number of ether oxygens (including phenoxy) is 4. The Morgan fingerprint density at radius 3 is 1.96 bits per heavy atom. The van der Waals surface area contributed by atoms with Crippen LogP contribution in [0.1, 0.15) is 19.4 Å². The molecule has 0 aliphatic heterocycles. The van der Waals surface area contributed by atoms with Gasteiger partial charge in [-0.05, 0) is 55.1 Å².